The number of rotatable bonds is 2. The van der Waals surface area contributed by atoms with Gasteiger partial charge in [-0.15, -0.1) is 0 Å². The topological polar surface area (TPSA) is 38.4 Å². The zero-order valence-corrected chi connectivity index (χ0v) is 8.51. The predicted octanol–water partition coefficient (Wildman–Crippen LogP) is 2.47. The molecule has 0 atom stereocenters. The number of benzene rings is 1. The standard InChI is InChI=1S/C9H11BrN2/c1-2-12-6-7-5-8(10)3-4-9(7)11/h3-6H,2,11H2,1H3. The number of halogens is 1. The second-order valence-corrected chi connectivity index (χ2v) is 3.32. The third kappa shape index (κ3) is 2.34. The molecule has 0 heterocycles. The van der Waals surface area contributed by atoms with E-state index in [-0.39, 0.29) is 0 Å². The Kier molecular flexibility index (Phi) is 3.29. The van der Waals surface area contributed by atoms with Gasteiger partial charge in [-0.05, 0) is 25.1 Å². The Bertz CT molecular complexity index is 295. The molecular weight excluding hydrogens is 216 g/mol. The molecule has 0 saturated heterocycles. The number of hydrogen-bond donors (Lipinski definition) is 1. The number of nitrogens with two attached hydrogens (primary N) is 1. The molecule has 0 bridgehead atoms. The summed E-state index contributed by atoms with van der Waals surface area (Å²) in [4.78, 5) is 4.12. The Morgan fingerprint density at radius 2 is 2.33 bits per heavy atom. The number of nitrogens with zero attached hydrogens (tertiary/aromatic N) is 1. The summed E-state index contributed by atoms with van der Waals surface area (Å²) in [5.41, 5.74) is 7.44. The third-order valence-corrected chi connectivity index (χ3v) is 1.96. The molecule has 0 spiro atoms. The fourth-order valence-corrected chi connectivity index (χ4v) is 1.23. The first kappa shape index (κ1) is 9.26. The number of nitrogen functional groups attached to an aromatic ring is 1. The lowest BCUT2D eigenvalue weighted by atomic mass is 10.2. The van der Waals surface area contributed by atoms with Gasteiger partial charge in [0.05, 0.1) is 0 Å². The maximum absolute atomic E-state index is 5.72. The average Bonchev–Trinajstić information content (AvgIpc) is 2.07. The first-order chi connectivity index (χ1) is 5.74. The summed E-state index contributed by atoms with van der Waals surface area (Å²) in [6, 6.07) is 5.73. The first-order valence-corrected chi connectivity index (χ1v) is 4.58. The molecule has 0 aliphatic heterocycles. The van der Waals surface area contributed by atoms with Crippen LogP contribution in [0.1, 0.15) is 12.5 Å². The lowest BCUT2D eigenvalue weighted by molar-refractivity contribution is 1.14. The van der Waals surface area contributed by atoms with Crippen molar-refractivity contribution in [3.8, 4) is 0 Å². The molecule has 3 heteroatoms. The van der Waals surface area contributed by atoms with Gasteiger partial charge in [-0.1, -0.05) is 15.9 Å². The van der Waals surface area contributed by atoms with E-state index < -0.39 is 0 Å². The van der Waals surface area contributed by atoms with Crippen LogP contribution in [0.2, 0.25) is 0 Å². The van der Waals surface area contributed by atoms with Crippen molar-refractivity contribution in [1.82, 2.24) is 0 Å². The summed E-state index contributed by atoms with van der Waals surface area (Å²) in [6.45, 7) is 2.77. The minimum Gasteiger partial charge on any atom is -0.398 e. The molecule has 1 rings (SSSR count). The number of hydrogen-bond acceptors (Lipinski definition) is 2. The third-order valence-electron chi connectivity index (χ3n) is 1.46. The van der Waals surface area contributed by atoms with Crippen LogP contribution in [0.25, 0.3) is 0 Å². The number of aliphatic imine (C=N–C) groups is 1. The maximum atomic E-state index is 5.72. The minimum absolute atomic E-state index is 0.760. The summed E-state index contributed by atoms with van der Waals surface area (Å²) < 4.78 is 1.02. The molecule has 0 radical (unpaired) electrons. The van der Waals surface area contributed by atoms with Crippen molar-refractivity contribution in [3.05, 3.63) is 28.2 Å². The molecule has 12 heavy (non-hydrogen) atoms. The SMILES string of the molecule is CCN=Cc1cc(Br)ccc1N. The highest BCUT2D eigenvalue weighted by molar-refractivity contribution is 9.10. The van der Waals surface area contributed by atoms with Crippen molar-refractivity contribution in [2.75, 3.05) is 12.3 Å². The fraction of sp³-hybridized carbons (Fsp3) is 0.222. The largest absolute Gasteiger partial charge is 0.398 e. The molecule has 1 aromatic rings. The Morgan fingerprint density at radius 1 is 1.58 bits per heavy atom. The fourth-order valence-electron chi connectivity index (χ4n) is 0.847. The van der Waals surface area contributed by atoms with E-state index in [0.29, 0.717) is 0 Å². The van der Waals surface area contributed by atoms with Gasteiger partial charge in [0.2, 0.25) is 0 Å². The van der Waals surface area contributed by atoms with Crippen LogP contribution in [0.3, 0.4) is 0 Å². The molecule has 0 aromatic heterocycles. The van der Waals surface area contributed by atoms with E-state index in [9.17, 15) is 0 Å². The smallest absolute Gasteiger partial charge is 0.0403 e. The van der Waals surface area contributed by atoms with Crippen LogP contribution in [0.15, 0.2) is 27.7 Å². The molecule has 0 fully saturated rings. The van der Waals surface area contributed by atoms with Gasteiger partial charge in [0.25, 0.3) is 0 Å². The Morgan fingerprint density at radius 3 is 3.00 bits per heavy atom. The lowest BCUT2D eigenvalue weighted by Crippen LogP contribution is -1.92. The van der Waals surface area contributed by atoms with Gasteiger partial charge in [0, 0.05) is 28.5 Å². The maximum Gasteiger partial charge on any atom is 0.0403 e. The van der Waals surface area contributed by atoms with Crippen molar-refractivity contribution in [2.45, 2.75) is 6.92 Å². The Balaban J connectivity index is 2.97. The van der Waals surface area contributed by atoms with Crippen LogP contribution >= 0.6 is 15.9 Å². The second kappa shape index (κ2) is 4.26. The summed E-state index contributed by atoms with van der Waals surface area (Å²) in [7, 11) is 0. The second-order valence-electron chi connectivity index (χ2n) is 2.40. The molecule has 64 valence electrons. The first-order valence-electron chi connectivity index (χ1n) is 3.79. The van der Waals surface area contributed by atoms with E-state index in [2.05, 4.69) is 20.9 Å². The van der Waals surface area contributed by atoms with Crippen LogP contribution < -0.4 is 5.73 Å². The molecule has 2 nitrogen and oxygen atoms in total. The molecule has 2 N–H and O–H groups in total. The Hall–Kier alpha value is -0.830. The van der Waals surface area contributed by atoms with Gasteiger partial charge in [-0.3, -0.25) is 4.99 Å². The van der Waals surface area contributed by atoms with Gasteiger partial charge >= 0.3 is 0 Å². The number of anilines is 1. The normalized spacial score (nSPS) is 10.8. The molecule has 0 aliphatic carbocycles. The van der Waals surface area contributed by atoms with Crippen molar-refractivity contribution >= 4 is 27.8 Å². The lowest BCUT2D eigenvalue weighted by Gasteiger charge is -1.99. The van der Waals surface area contributed by atoms with Crippen LogP contribution in [-0.4, -0.2) is 12.8 Å². The molecular formula is C9H11BrN2. The van der Waals surface area contributed by atoms with E-state index >= 15 is 0 Å². The molecule has 0 aliphatic rings. The van der Waals surface area contributed by atoms with Crippen LogP contribution in [0, 0.1) is 0 Å². The van der Waals surface area contributed by atoms with E-state index in [1.54, 1.807) is 6.21 Å². The van der Waals surface area contributed by atoms with E-state index in [0.717, 1.165) is 22.3 Å². The minimum atomic E-state index is 0.760. The van der Waals surface area contributed by atoms with Gasteiger partial charge in [-0.25, -0.2) is 0 Å². The van der Waals surface area contributed by atoms with E-state index in [1.165, 1.54) is 0 Å². The highest BCUT2D eigenvalue weighted by Crippen LogP contribution is 2.16. The quantitative estimate of drug-likeness (QED) is 0.611. The summed E-state index contributed by atoms with van der Waals surface area (Å²) in [5, 5.41) is 0. The van der Waals surface area contributed by atoms with Gasteiger partial charge in [0.1, 0.15) is 0 Å². The predicted molar refractivity (Wildman–Crippen MR) is 56.7 cm³/mol. The zero-order valence-electron chi connectivity index (χ0n) is 6.92. The van der Waals surface area contributed by atoms with Crippen molar-refractivity contribution < 1.29 is 0 Å². The average molecular weight is 227 g/mol. The monoisotopic (exact) mass is 226 g/mol. The molecule has 0 saturated carbocycles. The summed E-state index contributed by atoms with van der Waals surface area (Å²) in [5.74, 6) is 0. The highest BCUT2D eigenvalue weighted by Gasteiger charge is 1.95. The zero-order chi connectivity index (χ0) is 8.97. The molecule has 0 amide bonds. The van der Waals surface area contributed by atoms with Crippen LogP contribution in [-0.2, 0) is 0 Å². The van der Waals surface area contributed by atoms with Crippen molar-refractivity contribution in [3.63, 3.8) is 0 Å². The van der Waals surface area contributed by atoms with Gasteiger partial charge < -0.3 is 5.73 Å². The van der Waals surface area contributed by atoms with Gasteiger partial charge in [-0.2, -0.15) is 0 Å². The summed E-state index contributed by atoms with van der Waals surface area (Å²) >= 11 is 3.37. The van der Waals surface area contributed by atoms with Crippen LogP contribution in [0.4, 0.5) is 5.69 Å². The molecule has 0 unspecified atom stereocenters. The van der Waals surface area contributed by atoms with E-state index in [4.69, 9.17) is 5.73 Å². The molecule has 1 aromatic carbocycles. The Labute approximate surface area is 80.6 Å². The van der Waals surface area contributed by atoms with Gasteiger partial charge in [0.15, 0.2) is 0 Å². The van der Waals surface area contributed by atoms with Crippen molar-refractivity contribution in [1.29, 1.82) is 0 Å². The van der Waals surface area contributed by atoms with E-state index in [1.807, 2.05) is 25.1 Å². The van der Waals surface area contributed by atoms with Crippen LogP contribution in [0.5, 0.6) is 0 Å². The highest BCUT2D eigenvalue weighted by atomic mass is 79.9. The van der Waals surface area contributed by atoms with Crippen molar-refractivity contribution in [2.24, 2.45) is 4.99 Å². The summed E-state index contributed by atoms with van der Waals surface area (Å²) in [6.07, 6.45) is 1.79.